The predicted octanol–water partition coefficient (Wildman–Crippen LogP) is 2.73. The minimum Gasteiger partial charge on any atom is -0.361 e. The number of para-hydroxylation sites is 1. The van der Waals surface area contributed by atoms with E-state index in [9.17, 15) is 0 Å². The van der Waals surface area contributed by atoms with Crippen molar-refractivity contribution in [2.45, 2.75) is 12.8 Å². The molecule has 1 aromatic carbocycles. The quantitative estimate of drug-likeness (QED) is 0.665. The Morgan fingerprint density at radius 1 is 1.31 bits per heavy atom. The number of H-pyrrole nitrogens is 1. The summed E-state index contributed by atoms with van der Waals surface area (Å²) < 4.78 is 0. The zero-order valence-corrected chi connectivity index (χ0v) is 7.38. The summed E-state index contributed by atoms with van der Waals surface area (Å²) in [7, 11) is 0. The summed E-state index contributed by atoms with van der Waals surface area (Å²) in [5.41, 5.74) is 2.50. The molecule has 0 aliphatic heterocycles. The number of aromatic amines is 1. The van der Waals surface area contributed by atoms with E-state index in [1.807, 2.05) is 12.3 Å². The van der Waals surface area contributed by atoms with Crippen LogP contribution in [0.2, 0.25) is 0 Å². The van der Waals surface area contributed by atoms with E-state index >= 15 is 0 Å². The minimum absolute atomic E-state index is 0.807. The molecule has 0 amide bonds. The van der Waals surface area contributed by atoms with Gasteiger partial charge in [-0.1, -0.05) is 18.2 Å². The van der Waals surface area contributed by atoms with Crippen LogP contribution in [0.5, 0.6) is 0 Å². The van der Waals surface area contributed by atoms with Crippen LogP contribution in [0.25, 0.3) is 10.9 Å². The number of hydrogen-bond acceptors (Lipinski definition) is 0. The summed E-state index contributed by atoms with van der Waals surface area (Å²) in [5.74, 6) is 2.66. The van der Waals surface area contributed by atoms with Crippen molar-refractivity contribution >= 4 is 10.9 Å². The van der Waals surface area contributed by atoms with E-state index in [2.05, 4.69) is 29.1 Å². The van der Waals surface area contributed by atoms with E-state index < -0.39 is 0 Å². The van der Waals surface area contributed by atoms with Gasteiger partial charge in [-0.05, 0) is 18.1 Å². The van der Waals surface area contributed by atoms with Crippen molar-refractivity contribution in [3.05, 3.63) is 36.0 Å². The lowest BCUT2D eigenvalue weighted by Gasteiger charge is -1.93. The fourth-order valence-electron chi connectivity index (χ4n) is 1.55. The number of nitrogens with one attached hydrogen (secondary N) is 1. The van der Waals surface area contributed by atoms with E-state index in [1.165, 1.54) is 16.5 Å². The van der Waals surface area contributed by atoms with Gasteiger partial charge in [0.2, 0.25) is 0 Å². The van der Waals surface area contributed by atoms with E-state index in [0.29, 0.717) is 0 Å². The largest absolute Gasteiger partial charge is 0.361 e. The van der Waals surface area contributed by atoms with E-state index in [-0.39, 0.29) is 0 Å². The SMILES string of the molecule is C#CCCc1c[nH]c2ccccc12. The summed E-state index contributed by atoms with van der Waals surface area (Å²) in [4.78, 5) is 3.23. The van der Waals surface area contributed by atoms with Crippen molar-refractivity contribution in [2.75, 3.05) is 0 Å². The highest BCUT2D eigenvalue weighted by molar-refractivity contribution is 5.83. The highest BCUT2D eigenvalue weighted by Gasteiger charge is 2.00. The number of aryl methyl sites for hydroxylation is 1. The van der Waals surface area contributed by atoms with Gasteiger partial charge >= 0.3 is 0 Å². The van der Waals surface area contributed by atoms with Gasteiger partial charge in [0.15, 0.2) is 0 Å². The molecule has 0 saturated carbocycles. The molecule has 0 radical (unpaired) electrons. The highest BCUT2D eigenvalue weighted by Crippen LogP contribution is 2.18. The monoisotopic (exact) mass is 169 g/mol. The molecule has 0 fully saturated rings. The van der Waals surface area contributed by atoms with Crippen LogP contribution in [0.3, 0.4) is 0 Å². The van der Waals surface area contributed by atoms with Gasteiger partial charge < -0.3 is 4.98 Å². The first-order valence-corrected chi connectivity index (χ1v) is 4.40. The Morgan fingerprint density at radius 3 is 3.00 bits per heavy atom. The molecule has 0 aliphatic carbocycles. The Kier molecular flexibility index (Phi) is 2.06. The molecule has 64 valence electrons. The Bertz CT molecular complexity index is 445. The molecule has 1 nitrogen and oxygen atoms in total. The topological polar surface area (TPSA) is 15.8 Å². The van der Waals surface area contributed by atoms with Crippen LogP contribution in [-0.2, 0) is 6.42 Å². The Morgan fingerprint density at radius 2 is 2.15 bits per heavy atom. The summed E-state index contributed by atoms with van der Waals surface area (Å²) in [6, 6.07) is 8.28. The van der Waals surface area contributed by atoms with Crippen LogP contribution < -0.4 is 0 Å². The van der Waals surface area contributed by atoms with E-state index in [4.69, 9.17) is 6.42 Å². The van der Waals surface area contributed by atoms with Crippen molar-refractivity contribution in [2.24, 2.45) is 0 Å². The smallest absolute Gasteiger partial charge is 0.0456 e. The number of benzene rings is 1. The number of hydrogen-bond donors (Lipinski definition) is 1. The molecular formula is C12H11N. The average molecular weight is 169 g/mol. The third-order valence-electron chi connectivity index (χ3n) is 2.21. The summed E-state index contributed by atoms with van der Waals surface area (Å²) in [6.07, 6.45) is 9.04. The van der Waals surface area contributed by atoms with Gasteiger partial charge in [-0.25, -0.2) is 0 Å². The molecule has 1 N–H and O–H groups in total. The maximum absolute atomic E-state index is 5.23. The molecule has 13 heavy (non-hydrogen) atoms. The van der Waals surface area contributed by atoms with Crippen LogP contribution in [0.15, 0.2) is 30.5 Å². The second kappa shape index (κ2) is 3.37. The lowest BCUT2D eigenvalue weighted by Crippen LogP contribution is -1.79. The second-order valence-electron chi connectivity index (χ2n) is 3.06. The average Bonchev–Trinajstić information content (AvgIpc) is 2.58. The summed E-state index contributed by atoms with van der Waals surface area (Å²) in [5, 5.41) is 1.29. The first kappa shape index (κ1) is 7.94. The normalized spacial score (nSPS) is 10.1. The summed E-state index contributed by atoms with van der Waals surface area (Å²) >= 11 is 0. The van der Waals surface area contributed by atoms with Gasteiger partial charge in [0, 0.05) is 23.5 Å². The van der Waals surface area contributed by atoms with Crippen molar-refractivity contribution < 1.29 is 0 Å². The zero-order valence-electron chi connectivity index (χ0n) is 7.38. The predicted molar refractivity (Wildman–Crippen MR) is 55.5 cm³/mol. The molecule has 1 heteroatoms. The van der Waals surface area contributed by atoms with Crippen molar-refractivity contribution in [1.29, 1.82) is 0 Å². The first-order chi connectivity index (χ1) is 6.42. The molecule has 0 atom stereocenters. The Hall–Kier alpha value is -1.68. The van der Waals surface area contributed by atoms with Crippen molar-refractivity contribution in [3.8, 4) is 12.3 Å². The molecule has 0 saturated heterocycles. The van der Waals surface area contributed by atoms with Gasteiger partial charge in [-0.3, -0.25) is 0 Å². The molecule has 1 heterocycles. The zero-order chi connectivity index (χ0) is 9.10. The molecule has 0 unspecified atom stereocenters. The third kappa shape index (κ3) is 1.43. The first-order valence-electron chi connectivity index (χ1n) is 4.40. The van der Waals surface area contributed by atoms with Gasteiger partial charge in [0.25, 0.3) is 0 Å². The molecule has 0 bridgehead atoms. The van der Waals surface area contributed by atoms with Crippen LogP contribution in [0, 0.1) is 12.3 Å². The summed E-state index contributed by atoms with van der Waals surface area (Å²) in [6.45, 7) is 0. The molecule has 1 aromatic heterocycles. The number of aromatic nitrogens is 1. The second-order valence-corrected chi connectivity index (χ2v) is 3.06. The molecule has 0 aliphatic rings. The molecule has 2 rings (SSSR count). The van der Waals surface area contributed by atoms with E-state index in [0.717, 1.165) is 12.8 Å². The molecule has 0 spiro atoms. The highest BCUT2D eigenvalue weighted by atomic mass is 14.7. The Labute approximate surface area is 77.8 Å². The number of rotatable bonds is 2. The standard InChI is InChI=1S/C12H11N/c1-2-3-6-10-9-13-12-8-5-4-7-11(10)12/h1,4-5,7-9,13H,3,6H2. The lowest BCUT2D eigenvalue weighted by molar-refractivity contribution is 1.04. The van der Waals surface area contributed by atoms with Gasteiger partial charge in [0.05, 0.1) is 0 Å². The van der Waals surface area contributed by atoms with Gasteiger partial charge in [-0.2, -0.15) is 0 Å². The van der Waals surface area contributed by atoms with Gasteiger partial charge in [-0.15, -0.1) is 12.3 Å². The fraction of sp³-hybridized carbons (Fsp3) is 0.167. The van der Waals surface area contributed by atoms with Crippen LogP contribution in [0.1, 0.15) is 12.0 Å². The van der Waals surface area contributed by atoms with Crippen molar-refractivity contribution in [1.82, 2.24) is 4.98 Å². The molecular weight excluding hydrogens is 158 g/mol. The van der Waals surface area contributed by atoms with E-state index in [1.54, 1.807) is 0 Å². The third-order valence-corrected chi connectivity index (χ3v) is 2.21. The Balaban J connectivity index is 2.41. The van der Waals surface area contributed by atoms with Crippen molar-refractivity contribution in [3.63, 3.8) is 0 Å². The number of terminal acetylenes is 1. The van der Waals surface area contributed by atoms with Crippen LogP contribution in [0.4, 0.5) is 0 Å². The number of fused-ring (bicyclic) bond motifs is 1. The minimum atomic E-state index is 0.807. The lowest BCUT2D eigenvalue weighted by atomic mass is 10.1. The maximum Gasteiger partial charge on any atom is 0.0456 e. The van der Waals surface area contributed by atoms with Crippen LogP contribution >= 0.6 is 0 Å². The molecule has 2 aromatic rings. The maximum atomic E-state index is 5.23. The fourth-order valence-corrected chi connectivity index (χ4v) is 1.55. The van der Waals surface area contributed by atoms with Gasteiger partial charge in [0.1, 0.15) is 0 Å². The van der Waals surface area contributed by atoms with Crippen LogP contribution in [-0.4, -0.2) is 4.98 Å².